The van der Waals surface area contributed by atoms with Gasteiger partial charge in [0.15, 0.2) is 10.6 Å². The Morgan fingerprint density at radius 2 is 1.78 bits per heavy atom. The lowest BCUT2D eigenvalue weighted by Gasteiger charge is -2.12. The second-order valence-corrected chi connectivity index (χ2v) is 6.26. The standard InChI is InChI=1S/C19H13N3O4S/c23-15-9-13(18(25)26)16(24)8-12(15)17-20-21-19(27)22(17)14-7-3-5-10-4-1-2-6-11(10)14/h1-9,23-24H,(H,21,27)(H,25,26). The maximum Gasteiger partial charge on any atom is 0.339 e. The molecule has 3 aromatic carbocycles. The molecule has 0 radical (unpaired) electrons. The average Bonchev–Trinajstić information content (AvgIpc) is 3.03. The predicted molar refractivity (Wildman–Crippen MR) is 102 cm³/mol. The number of fused-ring (bicyclic) bond motifs is 1. The highest BCUT2D eigenvalue weighted by atomic mass is 32.1. The molecule has 0 aliphatic rings. The van der Waals surface area contributed by atoms with Crippen LogP contribution in [0.3, 0.4) is 0 Å². The van der Waals surface area contributed by atoms with Crippen LogP contribution in [-0.2, 0) is 0 Å². The van der Waals surface area contributed by atoms with E-state index in [-0.39, 0.29) is 17.1 Å². The number of aromatic nitrogens is 3. The minimum Gasteiger partial charge on any atom is -0.507 e. The fraction of sp³-hybridized carbons (Fsp3) is 0. The van der Waals surface area contributed by atoms with Gasteiger partial charge in [-0.25, -0.2) is 4.79 Å². The van der Waals surface area contributed by atoms with Gasteiger partial charge in [0.1, 0.15) is 17.1 Å². The molecule has 0 aliphatic carbocycles. The third kappa shape index (κ3) is 2.72. The van der Waals surface area contributed by atoms with Crippen molar-refractivity contribution >= 4 is 29.0 Å². The van der Waals surface area contributed by atoms with Crippen LogP contribution < -0.4 is 0 Å². The number of aromatic hydroxyl groups is 2. The van der Waals surface area contributed by atoms with E-state index in [9.17, 15) is 15.0 Å². The van der Waals surface area contributed by atoms with Crippen molar-refractivity contribution in [2.24, 2.45) is 0 Å². The van der Waals surface area contributed by atoms with Gasteiger partial charge in [0.05, 0.1) is 11.3 Å². The number of benzene rings is 3. The first-order valence-electron chi connectivity index (χ1n) is 7.92. The van der Waals surface area contributed by atoms with Crippen molar-refractivity contribution in [1.29, 1.82) is 0 Å². The number of carbonyl (C=O) groups is 1. The first-order valence-corrected chi connectivity index (χ1v) is 8.33. The second kappa shape index (κ2) is 6.26. The topological polar surface area (TPSA) is 111 Å². The summed E-state index contributed by atoms with van der Waals surface area (Å²) in [5, 5.41) is 38.2. The maximum absolute atomic E-state index is 11.1. The molecular formula is C19H13N3O4S. The third-order valence-corrected chi connectivity index (χ3v) is 4.54. The monoisotopic (exact) mass is 379 g/mol. The van der Waals surface area contributed by atoms with Crippen LogP contribution >= 0.6 is 12.2 Å². The molecule has 0 amide bonds. The van der Waals surface area contributed by atoms with Crippen LogP contribution in [0.2, 0.25) is 0 Å². The van der Waals surface area contributed by atoms with E-state index < -0.39 is 17.3 Å². The molecule has 7 nitrogen and oxygen atoms in total. The summed E-state index contributed by atoms with van der Waals surface area (Å²) in [6.45, 7) is 0. The molecule has 4 rings (SSSR count). The van der Waals surface area contributed by atoms with E-state index >= 15 is 0 Å². The number of phenols is 2. The highest BCUT2D eigenvalue weighted by molar-refractivity contribution is 7.71. The van der Waals surface area contributed by atoms with Crippen molar-refractivity contribution in [1.82, 2.24) is 14.8 Å². The van der Waals surface area contributed by atoms with Crippen LogP contribution in [0.15, 0.2) is 54.6 Å². The van der Waals surface area contributed by atoms with E-state index in [1.165, 1.54) is 0 Å². The van der Waals surface area contributed by atoms with Gasteiger partial charge < -0.3 is 15.3 Å². The van der Waals surface area contributed by atoms with Crippen LogP contribution in [0.25, 0.3) is 27.8 Å². The van der Waals surface area contributed by atoms with Crippen molar-refractivity contribution in [2.45, 2.75) is 0 Å². The van der Waals surface area contributed by atoms with Crippen LogP contribution in [0.4, 0.5) is 0 Å². The minimum absolute atomic E-state index is 0.151. The van der Waals surface area contributed by atoms with Crippen molar-refractivity contribution in [3.63, 3.8) is 0 Å². The Kier molecular flexibility index (Phi) is 3.89. The van der Waals surface area contributed by atoms with E-state index in [0.29, 0.717) is 4.77 Å². The van der Waals surface area contributed by atoms with Gasteiger partial charge in [-0.05, 0) is 35.8 Å². The normalized spacial score (nSPS) is 11.0. The molecule has 1 heterocycles. The lowest BCUT2D eigenvalue weighted by Crippen LogP contribution is -2.01. The van der Waals surface area contributed by atoms with Crippen LogP contribution in [0, 0.1) is 4.77 Å². The molecule has 0 bridgehead atoms. The number of hydrogen-bond donors (Lipinski definition) is 4. The largest absolute Gasteiger partial charge is 0.507 e. The number of aromatic carboxylic acids is 1. The maximum atomic E-state index is 11.1. The van der Waals surface area contributed by atoms with E-state index in [4.69, 9.17) is 17.3 Å². The number of rotatable bonds is 3. The van der Waals surface area contributed by atoms with Gasteiger partial charge in [-0.1, -0.05) is 36.4 Å². The molecule has 0 saturated heterocycles. The first-order chi connectivity index (χ1) is 13.0. The summed E-state index contributed by atoms with van der Waals surface area (Å²) in [6, 6.07) is 15.6. The Morgan fingerprint density at radius 1 is 1.04 bits per heavy atom. The Morgan fingerprint density at radius 3 is 2.56 bits per heavy atom. The molecule has 0 aliphatic heterocycles. The molecule has 0 atom stereocenters. The molecule has 0 saturated carbocycles. The highest BCUT2D eigenvalue weighted by Gasteiger charge is 2.20. The van der Waals surface area contributed by atoms with Gasteiger partial charge in [-0.3, -0.25) is 9.67 Å². The smallest absolute Gasteiger partial charge is 0.339 e. The predicted octanol–water partition coefficient (Wildman–Crippen LogP) is 3.86. The van der Waals surface area contributed by atoms with Crippen molar-refractivity contribution in [3.05, 3.63) is 64.9 Å². The number of H-pyrrole nitrogens is 1. The second-order valence-electron chi connectivity index (χ2n) is 5.88. The Hall–Kier alpha value is -3.65. The van der Waals surface area contributed by atoms with Gasteiger partial charge in [0, 0.05) is 5.39 Å². The van der Waals surface area contributed by atoms with Gasteiger partial charge >= 0.3 is 5.97 Å². The molecule has 8 heteroatoms. The Bertz CT molecular complexity index is 1250. The van der Waals surface area contributed by atoms with Crippen molar-refractivity contribution in [2.75, 3.05) is 0 Å². The van der Waals surface area contributed by atoms with E-state index in [0.717, 1.165) is 28.6 Å². The number of carboxylic acids is 1. The number of carboxylic acid groups (broad SMARTS) is 1. The summed E-state index contributed by atoms with van der Waals surface area (Å²) in [5.41, 5.74) is 0.489. The zero-order valence-corrected chi connectivity index (χ0v) is 14.6. The zero-order valence-electron chi connectivity index (χ0n) is 13.7. The first kappa shape index (κ1) is 16.8. The number of aromatic amines is 1. The summed E-state index contributed by atoms with van der Waals surface area (Å²) in [4.78, 5) is 11.1. The Balaban J connectivity index is 2.00. The van der Waals surface area contributed by atoms with Gasteiger partial charge in [0.2, 0.25) is 0 Å². The van der Waals surface area contributed by atoms with Crippen LogP contribution in [0.1, 0.15) is 10.4 Å². The number of nitrogens with one attached hydrogen (secondary N) is 1. The highest BCUT2D eigenvalue weighted by Crippen LogP contribution is 2.36. The molecule has 4 aromatic rings. The summed E-state index contributed by atoms with van der Waals surface area (Å²) >= 11 is 5.37. The SMILES string of the molecule is O=C(O)c1cc(O)c(-c2n[nH]c(=S)n2-c2cccc3ccccc23)cc1O. The molecule has 1 aromatic heterocycles. The number of nitrogens with zero attached hydrogens (tertiary/aromatic N) is 2. The summed E-state index contributed by atoms with van der Waals surface area (Å²) in [5.74, 6) is -1.90. The molecular weight excluding hydrogens is 366 g/mol. The number of phenolic OH excluding ortho intramolecular Hbond substituents is 1. The van der Waals surface area contributed by atoms with E-state index in [1.807, 2.05) is 42.5 Å². The average molecular weight is 379 g/mol. The molecule has 4 N–H and O–H groups in total. The van der Waals surface area contributed by atoms with E-state index in [2.05, 4.69) is 10.2 Å². The number of hydrogen-bond acceptors (Lipinski definition) is 5. The Labute approximate surface area is 157 Å². The quantitative estimate of drug-likeness (QED) is 0.318. The van der Waals surface area contributed by atoms with Gasteiger partial charge in [-0.15, -0.1) is 0 Å². The molecule has 27 heavy (non-hydrogen) atoms. The van der Waals surface area contributed by atoms with Crippen LogP contribution in [0.5, 0.6) is 11.5 Å². The van der Waals surface area contributed by atoms with E-state index in [1.54, 1.807) is 4.57 Å². The summed E-state index contributed by atoms with van der Waals surface area (Å²) in [6.07, 6.45) is 0. The molecule has 134 valence electrons. The van der Waals surface area contributed by atoms with Crippen LogP contribution in [-0.4, -0.2) is 36.1 Å². The van der Waals surface area contributed by atoms with Crippen molar-refractivity contribution < 1.29 is 20.1 Å². The fourth-order valence-electron chi connectivity index (χ4n) is 3.03. The summed E-state index contributed by atoms with van der Waals surface area (Å²) < 4.78 is 1.93. The molecule has 0 spiro atoms. The fourth-order valence-corrected chi connectivity index (χ4v) is 3.26. The van der Waals surface area contributed by atoms with Gasteiger partial charge in [-0.2, -0.15) is 5.10 Å². The zero-order chi connectivity index (χ0) is 19.1. The van der Waals surface area contributed by atoms with Gasteiger partial charge in [0.25, 0.3) is 0 Å². The lowest BCUT2D eigenvalue weighted by molar-refractivity contribution is 0.0693. The molecule has 0 unspecified atom stereocenters. The summed E-state index contributed by atoms with van der Waals surface area (Å²) in [7, 11) is 0. The van der Waals surface area contributed by atoms with Crippen molar-refractivity contribution in [3.8, 4) is 28.6 Å². The lowest BCUT2D eigenvalue weighted by atomic mass is 10.1. The molecule has 0 fully saturated rings. The third-order valence-electron chi connectivity index (χ3n) is 4.27. The minimum atomic E-state index is -1.35.